The minimum absolute atomic E-state index is 0.00949. The first-order valence-electron chi connectivity index (χ1n) is 27.4. The highest BCUT2D eigenvalue weighted by molar-refractivity contribution is 6.08. The van der Waals surface area contributed by atoms with Gasteiger partial charge in [-0.15, -0.1) is 0 Å². The molecule has 0 aliphatic carbocycles. The number of hydrogen-bond acceptors (Lipinski definition) is 12. The van der Waals surface area contributed by atoms with Crippen LogP contribution in [-0.4, -0.2) is 108 Å². The van der Waals surface area contributed by atoms with E-state index in [4.69, 9.17) is 16.2 Å². The Bertz CT molecular complexity index is 2520. The van der Waals surface area contributed by atoms with Gasteiger partial charge in [0.05, 0.1) is 17.6 Å². The zero-order chi connectivity index (χ0) is 55.9. The summed E-state index contributed by atoms with van der Waals surface area (Å²) in [5, 5.41) is 16.9. The third-order valence-electron chi connectivity index (χ3n) is 13.3. The molecule has 2 aliphatic rings. The molecule has 1 saturated heterocycles. The van der Waals surface area contributed by atoms with Crippen molar-refractivity contribution in [2.24, 2.45) is 28.3 Å². The lowest BCUT2D eigenvalue weighted by Gasteiger charge is -2.33. The number of nitrogens with one attached hydrogen (secondary N) is 6. The second kappa shape index (κ2) is 30.9. The van der Waals surface area contributed by atoms with Crippen molar-refractivity contribution in [1.82, 2.24) is 31.2 Å². The Hall–Kier alpha value is -7.51. The Morgan fingerprint density at radius 3 is 2.16 bits per heavy atom. The summed E-state index contributed by atoms with van der Waals surface area (Å²) in [6.07, 6.45) is 11.9. The van der Waals surface area contributed by atoms with Crippen LogP contribution in [0, 0.1) is 11.8 Å². The van der Waals surface area contributed by atoms with E-state index in [2.05, 4.69) is 60.6 Å². The fourth-order valence-corrected chi connectivity index (χ4v) is 9.12. The van der Waals surface area contributed by atoms with E-state index >= 15 is 0 Å². The molecule has 2 atom stereocenters. The fourth-order valence-electron chi connectivity index (χ4n) is 9.12. The first kappa shape index (κ1) is 60.4. The van der Waals surface area contributed by atoms with Crippen molar-refractivity contribution in [1.29, 1.82) is 0 Å². The van der Waals surface area contributed by atoms with Crippen LogP contribution in [0.2, 0.25) is 0 Å². The molecule has 5 rings (SSSR count). The number of fused-ring (bicyclic) bond motifs is 1. The van der Waals surface area contributed by atoms with Gasteiger partial charge < -0.3 is 57.9 Å². The van der Waals surface area contributed by atoms with Crippen molar-refractivity contribution in [3.05, 3.63) is 83.1 Å². The number of aliphatic imine (C=N–C) groups is 1. The number of piperidine rings is 1. The Morgan fingerprint density at radius 1 is 0.805 bits per heavy atom. The first-order valence-corrected chi connectivity index (χ1v) is 27.4. The van der Waals surface area contributed by atoms with Crippen molar-refractivity contribution in [2.75, 3.05) is 48.3 Å². The quantitative estimate of drug-likeness (QED) is 0.0327. The summed E-state index contributed by atoms with van der Waals surface area (Å²) in [6, 6.07) is 12.9. The maximum atomic E-state index is 13.6. The Labute approximate surface area is 453 Å². The van der Waals surface area contributed by atoms with Crippen LogP contribution in [0.1, 0.15) is 146 Å². The number of pyridine rings is 1. The van der Waals surface area contributed by atoms with Gasteiger partial charge in [-0.3, -0.25) is 24.0 Å². The zero-order valence-corrected chi connectivity index (χ0v) is 45.9. The summed E-state index contributed by atoms with van der Waals surface area (Å²) in [6.45, 7) is 14.9. The zero-order valence-electron chi connectivity index (χ0n) is 45.9. The van der Waals surface area contributed by atoms with Crippen LogP contribution in [0.25, 0.3) is 6.08 Å². The number of carbonyl (C=O) groups is 7. The van der Waals surface area contributed by atoms with Gasteiger partial charge in [-0.05, 0) is 105 Å². The van der Waals surface area contributed by atoms with Crippen LogP contribution < -0.4 is 48.3 Å². The molecule has 2 aromatic carbocycles. The third-order valence-corrected chi connectivity index (χ3v) is 13.3. The van der Waals surface area contributed by atoms with Crippen LogP contribution in [0.4, 0.5) is 32.5 Å². The predicted molar refractivity (Wildman–Crippen MR) is 301 cm³/mol. The molecule has 418 valence electrons. The molecule has 1 fully saturated rings. The first-order chi connectivity index (χ1) is 36.9. The molecule has 2 aliphatic heterocycles. The van der Waals surface area contributed by atoms with Gasteiger partial charge in [0.25, 0.3) is 5.91 Å². The molecular weight excluding hydrogens is 981 g/mol. The lowest BCUT2D eigenvalue weighted by molar-refractivity contribution is -0.132. The molecule has 0 saturated carbocycles. The van der Waals surface area contributed by atoms with Crippen LogP contribution >= 0.6 is 0 Å². The van der Waals surface area contributed by atoms with Gasteiger partial charge >= 0.3 is 12.1 Å². The fraction of sp³-hybridized carbons (Fsp3) is 0.526. The summed E-state index contributed by atoms with van der Waals surface area (Å²) >= 11 is 0. The normalized spacial score (nSPS) is 14.2. The minimum Gasteiger partial charge on any atom is -0.445 e. The van der Waals surface area contributed by atoms with E-state index in [-0.39, 0.29) is 55.7 Å². The molecule has 20 heteroatoms. The van der Waals surface area contributed by atoms with Crippen molar-refractivity contribution >= 4 is 76.5 Å². The molecule has 0 unspecified atom stereocenters. The monoisotopic (exact) mass is 1060 g/mol. The van der Waals surface area contributed by atoms with Gasteiger partial charge in [0, 0.05) is 74.0 Å². The summed E-state index contributed by atoms with van der Waals surface area (Å²) < 4.78 is 5.54. The van der Waals surface area contributed by atoms with Gasteiger partial charge in [-0.25, -0.2) is 19.6 Å². The molecular formula is C57H82N12O8. The molecule has 3 aromatic rings. The van der Waals surface area contributed by atoms with E-state index in [9.17, 15) is 33.6 Å². The number of alkyl carbamates (subject to hydrolysis) is 1. The number of nitrogens with zero attached hydrogens (tertiary/aromatic N) is 4. The lowest BCUT2D eigenvalue weighted by Crippen LogP contribution is -2.54. The third kappa shape index (κ3) is 20.2. The van der Waals surface area contributed by atoms with E-state index in [1.807, 2.05) is 44.7 Å². The lowest BCUT2D eigenvalue weighted by atomic mass is 10.0. The number of amidine groups is 1. The van der Waals surface area contributed by atoms with E-state index in [0.717, 1.165) is 50.8 Å². The number of urea groups is 1. The summed E-state index contributed by atoms with van der Waals surface area (Å²) in [5.74, 6) is -0.138. The smallest absolute Gasteiger partial charge is 0.407 e. The van der Waals surface area contributed by atoms with Crippen molar-refractivity contribution in [2.45, 2.75) is 150 Å². The SMILES string of the molecule is CCCN(CCC)C(=O)C1=Cc2ccc(C(=O)Nc3ccc(N4CCC(NC(=O)OCc5ccc(NC(=O)[C@H](CCCNC(N)=O)NC(=O)[C@@H](NC(=O)CCCCCCC(C)C)C(C)C)cc5)CC4)nc3)cc2N=C(N)C1. The molecule has 0 spiro atoms. The van der Waals surface area contributed by atoms with E-state index < -0.39 is 36.0 Å². The number of amides is 8. The van der Waals surface area contributed by atoms with Crippen LogP contribution in [0.3, 0.4) is 0 Å². The van der Waals surface area contributed by atoms with Crippen LogP contribution in [-0.2, 0) is 30.5 Å². The van der Waals surface area contributed by atoms with Crippen molar-refractivity contribution in [3.8, 4) is 0 Å². The number of aromatic nitrogens is 1. The molecule has 1 aromatic heterocycles. The topological polar surface area (TPSA) is 285 Å². The number of carbonyl (C=O) groups excluding carboxylic acids is 7. The second-order valence-corrected chi connectivity index (χ2v) is 20.7. The molecule has 77 heavy (non-hydrogen) atoms. The summed E-state index contributed by atoms with van der Waals surface area (Å²) in [4.78, 5) is 104. The van der Waals surface area contributed by atoms with E-state index in [1.165, 1.54) is 0 Å². The Morgan fingerprint density at radius 2 is 1.51 bits per heavy atom. The van der Waals surface area contributed by atoms with E-state index in [1.54, 1.807) is 54.7 Å². The number of rotatable bonds is 28. The average Bonchev–Trinajstić information content (AvgIpc) is 3.57. The molecule has 8 amide bonds. The maximum absolute atomic E-state index is 13.6. The molecule has 0 radical (unpaired) electrons. The van der Waals surface area contributed by atoms with Crippen molar-refractivity contribution in [3.63, 3.8) is 0 Å². The van der Waals surface area contributed by atoms with Crippen LogP contribution in [0.15, 0.2) is 71.4 Å². The maximum Gasteiger partial charge on any atom is 0.407 e. The van der Waals surface area contributed by atoms with Gasteiger partial charge in [-0.2, -0.15) is 0 Å². The highest BCUT2D eigenvalue weighted by Gasteiger charge is 2.29. The number of unbranched alkanes of at least 4 members (excludes halogenated alkanes) is 3. The Kier molecular flexibility index (Phi) is 24.2. The molecule has 20 nitrogen and oxygen atoms in total. The molecule has 10 N–H and O–H groups in total. The average molecular weight is 1060 g/mol. The predicted octanol–water partition coefficient (Wildman–Crippen LogP) is 7.66. The van der Waals surface area contributed by atoms with Gasteiger partial charge in [0.15, 0.2) is 0 Å². The molecule has 3 heterocycles. The Balaban J connectivity index is 1.05. The standard InChI is InChI=1S/C57H82N12O8/c1-7-28-69(29-8-2)55(74)42-32-40-19-20-41(33-47(40)65-48(58)34-42)52(71)63-45-23-24-49(61-35-45)68-30-25-44(26-31-68)64-57(76)77-36-39-17-21-43(22-18-39)62-53(72)46(15-13-27-60-56(59)75)66-54(73)51(38(5)6)67-50(70)16-12-10-9-11-14-37(3)4/h17-24,32-33,35,37-38,44,46,51H,7-16,25-31,34,36H2,1-6H3,(H2,58,65)(H,62,72)(H,63,71)(H,64,76)(H,66,73)(H,67,70)(H3,59,60,75)/t46-,51-/m0/s1. The van der Waals surface area contributed by atoms with E-state index in [0.29, 0.717) is 103 Å². The summed E-state index contributed by atoms with van der Waals surface area (Å²) in [7, 11) is 0. The number of nitrogens with two attached hydrogens (primary N) is 2. The number of hydrogen-bond donors (Lipinski definition) is 8. The highest BCUT2D eigenvalue weighted by Crippen LogP contribution is 2.29. The van der Waals surface area contributed by atoms with Crippen LogP contribution in [0.5, 0.6) is 0 Å². The van der Waals surface area contributed by atoms with Crippen molar-refractivity contribution < 1.29 is 38.3 Å². The molecule has 0 bridgehead atoms. The minimum atomic E-state index is -0.984. The van der Waals surface area contributed by atoms with Gasteiger partial charge in [0.2, 0.25) is 23.6 Å². The number of primary amides is 1. The highest BCUT2D eigenvalue weighted by atomic mass is 16.5. The van der Waals surface area contributed by atoms with Gasteiger partial charge in [-0.1, -0.05) is 85.4 Å². The number of benzene rings is 2. The number of ether oxygens (including phenoxy) is 1. The largest absolute Gasteiger partial charge is 0.445 e. The number of anilines is 3. The van der Waals surface area contributed by atoms with Gasteiger partial charge in [0.1, 0.15) is 30.3 Å². The summed E-state index contributed by atoms with van der Waals surface area (Å²) in [5.41, 5.74) is 15.3. The second-order valence-electron chi connectivity index (χ2n) is 20.7.